The molecule has 1 aliphatic carbocycles. The topological polar surface area (TPSA) is 46.3 Å². The van der Waals surface area contributed by atoms with Gasteiger partial charge in [-0.3, -0.25) is 4.79 Å². The highest BCUT2D eigenvalue weighted by Crippen LogP contribution is 2.30. The molecule has 0 saturated heterocycles. The van der Waals surface area contributed by atoms with E-state index in [1.54, 1.807) is 4.90 Å². The van der Waals surface area contributed by atoms with Crippen LogP contribution in [-0.4, -0.2) is 28.9 Å². The van der Waals surface area contributed by atoms with Gasteiger partial charge in [0.15, 0.2) is 0 Å². The first-order chi connectivity index (χ1) is 5.65. The van der Waals surface area contributed by atoms with Crippen molar-refractivity contribution in [3.63, 3.8) is 0 Å². The number of carbonyl (C=O) groups is 1. The first kappa shape index (κ1) is 9.45. The van der Waals surface area contributed by atoms with Gasteiger partial charge in [-0.15, -0.1) is 0 Å². The van der Waals surface area contributed by atoms with Crippen LogP contribution in [0.1, 0.15) is 19.8 Å². The van der Waals surface area contributed by atoms with Crippen LogP contribution in [0.4, 0.5) is 0 Å². The second-order valence-corrected chi connectivity index (χ2v) is 3.62. The maximum absolute atomic E-state index is 11.5. The average molecular weight is 186 g/mol. The Morgan fingerprint density at radius 3 is 2.58 bits per heavy atom. The van der Waals surface area contributed by atoms with E-state index in [9.17, 15) is 4.79 Å². The third kappa shape index (κ3) is 2.44. The van der Waals surface area contributed by atoms with E-state index < -0.39 is 0 Å². The number of nitrogens with two attached hydrogens (primary N) is 1. The number of thiocarbonyl (C=S) groups is 1. The van der Waals surface area contributed by atoms with Crippen LogP contribution >= 0.6 is 12.2 Å². The lowest BCUT2D eigenvalue weighted by Gasteiger charge is -2.19. The van der Waals surface area contributed by atoms with Gasteiger partial charge in [0.2, 0.25) is 5.91 Å². The minimum Gasteiger partial charge on any atom is -0.392 e. The van der Waals surface area contributed by atoms with Crippen molar-refractivity contribution in [2.45, 2.75) is 19.8 Å². The third-order valence-corrected chi connectivity index (χ3v) is 2.10. The second-order valence-electron chi connectivity index (χ2n) is 3.09. The lowest BCUT2D eigenvalue weighted by Crippen LogP contribution is -2.38. The average Bonchev–Trinajstić information content (AvgIpc) is 2.80. The van der Waals surface area contributed by atoms with Gasteiger partial charge >= 0.3 is 0 Å². The summed E-state index contributed by atoms with van der Waals surface area (Å²) in [4.78, 5) is 13.6. The molecule has 68 valence electrons. The normalized spacial score (nSPS) is 15.8. The Morgan fingerprint density at radius 1 is 1.67 bits per heavy atom. The molecule has 3 nitrogen and oxygen atoms in total. The Morgan fingerprint density at radius 2 is 2.25 bits per heavy atom. The van der Waals surface area contributed by atoms with Gasteiger partial charge in [0, 0.05) is 12.5 Å². The van der Waals surface area contributed by atoms with Crippen LogP contribution in [0.15, 0.2) is 0 Å². The molecule has 0 aromatic heterocycles. The zero-order chi connectivity index (χ0) is 9.14. The van der Waals surface area contributed by atoms with E-state index in [1.807, 2.05) is 6.92 Å². The van der Waals surface area contributed by atoms with Gasteiger partial charge in [-0.25, -0.2) is 0 Å². The largest absolute Gasteiger partial charge is 0.392 e. The van der Waals surface area contributed by atoms with E-state index in [-0.39, 0.29) is 11.8 Å². The van der Waals surface area contributed by atoms with Gasteiger partial charge in [-0.05, 0) is 19.8 Å². The van der Waals surface area contributed by atoms with Gasteiger partial charge in [0.1, 0.15) is 0 Å². The number of hydrogen-bond donors (Lipinski definition) is 1. The predicted octanol–water partition coefficient (Wildman–Crippen LogP) is 0.531. The maximum Gasteiger partial charge on any atom is 0.226 e. The summed E-state index contributed by atoms with van der Waals surface area (Å²) in [7, 11) is 0. The smallest absolute Gasteiger partial charge is 0.226 e. The van der Waals surface area contributed by atoms with E-state index in [4.69, 9.17) is 18.0 Å². The van der Waals surface area contributed by atoms with Crippen LogP contribution in [0.5, 0.6) is 0 Å². The quantitative estimate of drug-likeness (QED) is 0.651. The highest BCUT2D eigenvalue weighted by molar-refractivity contribution is 7.80. The monoisotopic (exact) mass is 186 g/mol. The van der Waals surface area contributed by atoms with Gasteiger partial charge in [-0.1, -0.05) is 12.2 Å². The molecule has 0 unspecified atom stereocenters. The molecule has 2 N–H and O–H groups in total. The summed E-state index contributed by atoms with van der Waals surface area (Å²) in [6.07, 6.45) is 2.07. The summed E-state index contributed by atoms with van der Waals surface area (Å²) in [5, 5.41) is 0. The Balaban J connectivity index is 2.42. The van der Waals surface area contributed by atoms with Crippen LogP contribution in [0.3, 0.4) is 0 Å². The Hall–Kier alpha value is -0.640. The summed E-state index contributed by atoms with van der Waals surface area (Å²) >= 11 is 4.75. The van der Waals surface area contributed by atoms with E-state index in [1.165, 1.54) is 0 Å². The summed E-state index contributed by atoms with van der Waals surface area (Å²) in [5.41, 5.74) is 5.36. The lowest BCUT2D eigenvalue weighted by atomic mass is 10.3. The van der Waals surface area contributed by atoms with Crippen molar-refractivity contribution >= 4 is 23.1 Å². The molecule has 1 saturated carbocycles. The molecule has 0 bridgehead atoms. The molecule has 0 aromatic rings. The summed E-state index contributed by atoms with van der Waals surface area (Å²) in [6.45, 7) is 3.08. The minimum atomic E-state index is 0.213. The van der Waals surface area contributed by atoms with E-state index >= 15 is 0 Å². The van der Waals surface area contributed by atoms with Crippen molar-refractivity contribution in [3.05, 3.63) is 0 Å². The van der Waals surface area contributed by atoms with Gasteiger partial charge in [0.25, 0.3) is 0 Å². The van der Waals surface area contributed by atoms with Crippen molar-refractivity contribution in [1.29, 1.82) is 0 Å². The molecular weight excluding hydrogens is 172 g/mol. The number of carbonyl (C=O) groups excluding carboxylic acids is 1. The fraction of sp³-hybridized carbons (Fsp3) is 0.750. The molecular formula is C8H14N2OS. The Kier molecular flexibility index (Phi) is 3.03. The van der Waals surface area contributed by atoms with Crippen molar-refractivity contribution in [2.24, 2.45) is 11.7 Å². The minimum absolute atomic E-state index is 0.213. The van der Waals surface area contributed by atoms with E-state index in [2.05, 4.69) is 0 Å². The third-order valence-electron chi connectivity index (χ3n) is 1.97. The zero-order valence-corrected chi connectivity index (χ0v) is 8.06. The van der Waals surface area contributed by atoms with E-state index in [0.717, 1.165) is 12.8 Å². The van der Waals surface area contributed by atoms with Crippen molar-refractivity contribution in [1.82, 2.24) is 4.90 Å². The zero-order valence-electron chi connectivity index (χ0n) is 7.25. The standard InChI is InChI=1S/C8H14N2OS/c1-2-10(5-7(9)12)8(11)6-3-4-6/h6H,2-5H2,1H3,(H2,9,12). The van der Waals surface area contributed by atoms with Crippen LogP contribution in [-0.2, 0) is 4.79 Å². The molecule has 1 amide bonds. The molecule has 0 aromatic carbocycles. The van der Waals surface area contributed by atoms with Crippen LogP contribution in [0.2, 0.25) is 0 Å². The van der Waals surface area contributed by atoms with Gasteiger partial charge < -0.3 is 10.6 Å². The van der Waals surface area contributed by atoms with Crippen LogP contribution < -0.4 is 5.73 Å². The first-order valence-electron chi connectivity index (χ1n) is 4.22. The number of rotatable bonds is 4. The summed E-state index contributed by atoms with van der Waals surface area (Å²) in [6, 6.07) is 0. The number of hydrogen-bond acceptors (Lipinski definition) is 2. The molecule has 0 heterocycles. The van der Waals surface area contributed by atoms with Crippen molar-refractivity contribution in [2.75, 3.05) is 13.1 Å². The maximum atomic E-state index is 11.5. The SMILES string of the molecule is CCN(CC(N)=S)C(=O)C1CC1. The number of amides is 1. The molecule has 0 radical (unpaired) electrons. The molecule has 1 rings (SSSR count). The molecule has 12 heavy (non-hydrogen) atoms. The fourth-order valence-corrected chi connectivity index (χ4v) is 1.28. The molecule has 0 spiro atoms. The molecule has 4 heteroatoms. The number of likely N-dealkylation sites (N-methyl/N-ethyl adjacent to an activating group) is 1. The van der Waals surface area contributed by atoms with Crippen LogP contribution in [0, 0.1) is 5.92 Å². The summed E-state index contributed by atoms with van der Waals surface area (Å²) < 4.78 is 0. The Bertz CT molecular complexity index is 201. The van der Waals surface area contributed by atoms with Gasteiger partial charge in [0.05, 0.1) is 11.5 Å². The fourth-order valence-electron chi connectivity index (χ4n) is 1.12. The second kappa shape index (κ2) is 3.85. The van der Waals surface area contributed by atoms with Crippen molar-refractivity contribution < 1.29 is 4.79 Å². The molecule has 0 aliphatic heterocycles. The van der Waals surface area contributed by atoms with Crippen LogP contribution in [0.25, 0.3) is 0 Å². The molecule has 1 fully saturated rings. The van der Waals surface area contributed by atoms with Gasteiger partial charge in [-0.2, -0.15) is 0 Å². The first-order valence-corrected chi connectivity index (χ1v) is 4.63. The lowest BCUT2D eigenvalue weighted by molar-refractivity contribution is -0.131. The Labute approximate surface area is 77.9 Å². The molecule has 1 aliphatic rings. The van der Waals surface area contributed by atoms with Crippen molar-refractivity contribution in [3.8, 4) is 0 Å². The highest BCUT2D eigenvalue weighted by atomic mass is 32.1. The van der Waals surface area contributed by atoms with E-state index in [0.29, 0.717) is 18.1 Å². The number of nitrogens with zero attached hydrogens (tertiary/aromatic N) is 1. The summed E-state index contributed by atoms with van der Waals surface area (Å²) in [5.74, 6) is 0.476. The highest BCUT2D eigenvalue weighted by Gasteiger charge is 2.32. The molecule has 0 atom stereocenters. The predicted molar refractivity (Wildman–Crippen MR) is 51.8 cm³/mol.